The Labute approximate surface area is 105 Å². The molecule has 0 N–H and O–H groups in total. The first-order valence-corrected chi connectivity index (χ1v) is 7.90. The van der Waals surface area contributed by atoms with Crippen LogP contribution in [0.2, 0.25) is 0 Å². The lowest BCUT2D eigenvalue weighted by molar-refractivity contribution is -0.188. The van der Waals surface area contributed by atoms with Crippen molar-refractivity contribution in [2.75, 3.05) is 24.6 Å². The van der Waals surface area contributed by atoms with Gasteiger partial charge in [-0.25, -0.2) is 17.2 Å². The van der Waals surface area contributed by atoms with Crippen molar-refractivity contribution in [2.45, 2.75) is 32.1 Å². The van der Waals surface area contributed by atoms with Gasteiger partial charge in [-0.3, -0.25) is 4.79 Å². The number of carbonyl (C=O) groups is 1. The Morgan fingerprint density at radius 2 is 1.72 bits per heavy atom. The van der Waals surface area contributed by atoms with Gasteiger partial charge in [-0.05, 0) is 6.42 Å². The Balaban J connectivity index is 2.04. The molecule has 0 spiro atoms. The van der Waals surface area contributed by atoms with E-state index in [1.165, 1.54) is 4.90 Å². The predicted molar refractivity (Wildman–Crippen MR) is 62.1 cm³/mol. The van der Waals surface area contributed by atoms with E-state index in [9.17, 15) is 22.0 Å². The second-order valence-electron chi connectivity index (χ2n) is 5.29. The molecular weight excluding hydrogens is 264 g/mol. The van der Waals surface area contributed by atoms with E-state index in [0.29, 0.717) is 6.42 Å². The summed E-state index contributed by atoms with van der Waals surface area (Å²) in [5.41, 5.74) is -0.968. The van der Waals surface area contributed by atoms with Crippen LogP contribution < -0.4 is 0 Å². The van der Waals surface area contributed by atoms with Crippen LogP contribution in [0.15, 0.2) is 0 Å². The minimum atomic E-state index is -3.05. The highest BCUT2D eigenvalue weighted by atomic mass is 32.2. The second kappa shape index (κ2) is 4.15. The molecule has 0 radical (unpaired) electrons. The van der Waals surface area contributed by atoms with Crippen LogP contribution in [0.25, 0.3) is 0 Å². The molecule has 0 atom stereocenters. The number of hydrogen-bond acceptors (Lipinski definition) is 3. The lowest BCUT2D eigenvalue weighted by atomic mass is 9.63. The van der Waals surface area contributed by atoms with Gasteiger partial charge in [0.2, 0.25) is 11.8 Å². The molecule has 1 aliphatic heterocycles. The standard InChI is InChI=1S/C11H17F2NO3S/c1-2-10(7-11(12,13)8-10)9(15)14-3-5-18(16,17)6-4-14/h2-8H2,1H3. The van der Waals surface area contributed by atoms with Gasteiger partial charge in [-0.15, -0.1) is 0 Å². The molecule has 1 heterocycles. The van der Waals surface area contributed by atoms with Crippen molar-refractivity contribution in [1.29, 1.82) is 0 Å². The number of hydrogen-bond donors (Lipinski definition) is 0. The molecule has 0 aromatic heterocycles. The first-order valence-electron chi connectivity index (χ1n) is 6.07. The fourth-order valence-corrected chi connectivity index (χ4v) is 3.94. The lowest BCUT2D eigenvalue weighted by Gasteiger charge is -2.48. The quantitative estimate of drug-likeness (QED) is 0.761. The van der Waals surface area contributed by atoms with Crippen molar-refractivity contribution in [2.24, 2.45) is 5.41 Å². The van der Waals surface area contributed by atoms with E-state index < -0.39 is 34.0 Å². The van der Waals surface area contributed by atoms with Crippen molar-refractivity contribution in [3.8, 4) is 0 Å². The molecule has 0 bridgehead atoms. The first kappa shape index (κ1) is 13.7. The summed E-state index contributed by atoms with van der Waals surface area (Å²) in [6, 6.07) is 0. The summed E-state index contributed by atoms with van der Waals surface area (Å²) >= 11 is 0. The lowest BCUT2D eigenvalue weighted by Crippen LogP contribution is -2.58. The average molecular weight is 281 g/mol. The highest BCUT2D eigenvalue weighted by Gasteiger charge is 2.60. The van der Waals surface area contributed by atoms with Gasteiger partial charge in [0.25, 0.3) is 0 Å². The van der Waals surface area contributed by atoms with Crippen LogP contribution in [0.5, 0.6) is 0 Å². The third-order valence-corrected chi connectivity index (χ3v) is 5.57. The summed E-state index contributed by atoms with van der Waals surface area (Å²) in [5, 5.41) is 0. The summed E-state index contributed by atoms with van der Waals surface area (Å²) in [7, 11) is -3.05. The Hall–Kier alpha value is -0.720. The summed E-state index contributed by atoms with van der Waals surface area (Å²) in [6.45, 7) is 2.00. The highest BCUT2D eigenvalue weighted by molar-refractivity contribution is 7.91. The number of sulfone groups is 1. The van der Waals surface area contributed by atoms with Crippen LogP contribution >= 0.6 is 0 Å². The molecule has 1 saturated carbocycles. The van der Waals surface area contributed by atoms with Crippen molar-refractivity contribution in [1.82, 2.24) is 4.90 Å². The Bertz CT molecular complexity index is 439. The molecule has 0 aromatic rings. The largest absolute Gasteiger partial charge is 0.340 e. The summed E-state index contributed by atoms with van der Waals surface area (Å²) in [4.78, 5) is 13.7. The zero-order valence-corrected chi connectivity index (χ0v) is 11.1. The van der Waals surface area contributed by atoms with Crippen molar-refractivity contribution < 1.29 is 22.0 Å². The van der Waals surface area contributed by atoms with E-state index >= 15 is 0 Å². The van der Waals surface area contributed by atoms with E-state index in [1.54, 1.807) is 6.92 Å². The van der Waals surface area contributed by atoms with Gasteiger partial charge in [0.05, 0.1) is 16.9 Å². The molecule has 1 saturated heterocycles. The van der Waals surface area contributed by atoms with Crippen molar-refractivity contribution in [3.63, 3.8) is 0 Å². The molecule has 0 aromatic carbocycles. The fourth-order valence-electron chi connectivity index (χ4n) is 2.74. The third-order valence-electron chi connectivity index (χ3n) is 3.96. The summed E-state index contributed by atoms with van der Waals surface area (Å²) in [6.07, 6.45) is -0.429. The van der Waals surface area contributed by atoms with Gasteiger partial charge in [0.15, 0.2) is 9.84 Å². The van der Waals surface area contributed by atoms with Gasteiger partial charge in [0, 0.05) is 25.9 Å². The van der Waals surface area contributed by atoms with E-state index in [2.05, 4.69) is 0 Å². The maximum absolute atomic E-state index is 13.0. The monoisotopic (exact) mass is 281 g/mol. The van der Waals surface area contributed by atoms with E-state index in [4.69, 9.17) is 0 Å². The minimum absolute atomic E-state index is 0.0606. The smallest absolute Gasteiger partial charge is 0.250 e. The maximum Gasteiger partial charge on any atom is 0.250 e. The number of carbonyl (C=O) groups excluding carboxylic acids is 1. The van der Waals surface area contributed by atoms with Crippen LogP contribution in [0.4, 0.5) is 8.78 Å². The molecule has 2 rings (SSSR count). The molecule has 18 heavy (non-hydrogen) atoms. The summed E-state index contributed by atoms with van der Waals surface area (Å²) < 4.78 is 48.5. The van der Waals surface area contributed by atoms with Crippen LogP contribution in [0.1, 0.15) is 26.2 Å². The highest BCUT2D eigenvalue weighted by Crippen LogP contribution is 2.54. The normalized spacial score (nSPS) is 28.5. The molecule has 1 amide bonds. The van der Waals surface area contributed by atoms with Gasteiger partial charge in [0.1, 0.15) is 0 Å². The number of nitrogens with zero attached hydrogens (tertiary/aromatic N) is 1. The number of amides is 1. The molecule has 2 fully saturated rings. The SMILES string of the molecule is CCC1(C(=O)N2CCS(=O)(=O)CC2)CC(F)(F)C1. The molecule has 7 heteroatoms. The van der Waals surface area contributed by atoms with Crippen LogP contribution in [-0.2, 0) is 14.6 Å². The number of rotatable bonds is 2. The van der Waals surface area contributed by atoms with Crippen LogP contribution in [0, 0.1) is 5.41 Å². The van der Waals surface area contributed by atoms with Crippen molar-refractivity contribution in [3.05, 3.63) is 0 Å². The second-order valence-corrected chi connectivity index (χ2v) is 7.59. The maximum atomic E-state index is 13.0. The van der Waals surface area contributed by atoms with Gasteiger partial charge >= 0.3 is 0 Å². The molecule has 2 aliphatic rings. The predicted octanol–water partition coefficient (Wildman–Crippen LogP) is 1.07. The molecule has 0 unspecified atom stereocenters. The van der Waals surface area contributed by atoms with E-state index in [0.717, 1.165) is 0 Å². The van der Waals surface area contributed by atoms with Gasteiger partial charge < -0.3 is 4.90 Å². The molecule has 104 valence electrons. The first-order chi connectivity index (χ1) is 8.20. The minimum Gasteiger partial charge on any atom is -0.340 e. The van der Waals surface area contributed by atoms with Crippen LogP contribution in [-0.4, -0.2) is 49.7 Å². The van der Waals surface area contributed by atoms with E-state index in [-0.39, 0.29) is 30.5 Å². The van der Waals surface area contributed by atoms with E-state index in [1.807, 2.05) is 0 Å². The third kappa shape index (κ3) is 2.37. The van der Waals surface area contributed by atoms with Crippen molar-refractivity contribution >= 4 is 15.7 Å². The van der Waals surface area contributed by atoms with Gasteiger partial charge in [-0.2, -0.15) is 0 Å². The molecule has 1 aliphatic carbocycles. The number of alkyl halides is 2. The molecule has 4 nitrogen and oxygen atoms in total. The summed E-state index contributed by atoms with van der Waals surface area (Å²) in [5.74, 6) is -3.16. The van der Waals surface area contributed by atoms with Crippen LogP contribution in [0.3, 0.4) is 0 Å². The Morgan fingerprint density at radius 1 is 1.22 bits per heavy atom. The number of halogens is 2. The fraction of sp³-hybridized carbons (Fsp3) is 0.909. The van der Waals surface area contributed by atoms with Gasteiger partial charge in [-0.1, -0.05) is 6.92 Å². The zero-order chi connectivity index (χ0) is 13.6. The zero-order valence-electron chi connectivity index (χ0n) is 10.3. The topological polar surface area (TPSA) is 54.5 Å². The average Bonchev–Trinajstić information content (AvgIpc) is 2.24. The Morgan fingerprint density at radius 3 is 2.11 bits per heavy atom. The molecular formula is C11H17F2NO3S. The Kier molecular flexibility index (Phi) is 3.16.